The van der Waals surface area contributed by atoms with Gasteiger partial charge in [-0.05, 0) is 49.6 Å². The summed E-state index contributed by atoms with van der Waals surface area (Å²) in [5.74, 6) is -0.160. The number of carbonyl (C=O) groups is 2. The molecule has 6 nitrogen and oxygen atoms in total. The first-order chi connectivity index (χ1) is 13.1. The van der Waals surface area contributed by atoms with Crippen LogP contribution in [-0.4, -0.2) is 37.6 Å². The number of urea groups is 1. The molecule has 0 radical (unpaired) electrons. The number of hydrogen-bond acceptors (Lipinski definition) is 3. The van der Waals surface area contributed by atoms with Crippen LogP contribution in [0.2, 0.25) is 0 Å². The zero-order chi connectivity index (χ0) is 19.1. The van der Waals surface area contributed by atoms with E-state index in [-0.39, 0.29) is 24.5 Å². The van der Waals surface area contributed by atoms with Crippen LogP contribution in [0.1, 0.15) is 18.4 Å². The smallest absolute Gasteiger partial charge is 0.319 e. The van der Waals surface area contributed by atoms with Crippen molar-refractivity contribution < 1.29 is 9.59 Å². The van der Waals surface area contributed by atoms with Gasteiger partial charge < -0.3 is 20.9 Å². The number of piperidine rings is 1. The lowest BCUT2D eigenvalue weighted by Gasteiger charge is -2.34. The van der Waals surface area contributed by atoms with Gasteiger partial charge in [-0.2, -0.15) is 0 Å². The summed E-state index contributed by atoms with van der Waals surface area (Å²) in [6.45, 7) is 3.75. The van der Waals surface area contributed by atoms with Crippen LogP contribution in [0.4, 0.5) is 16.2 Å². The molecule has 0 unspecified atom stereocenters. The van der Waals surface area contributed by atoms with Gasteiger partial charge in [0.15, 0.2) is 0 Å². The van der Waals surface area contributed by atoms with Crippen LogP contribution in [0.3, 0.4) is 0 Å². The number of amides is 3. The van der Waals surface area contributed by atoms with E-state index in [2.05, 4.69) is 33.0 Å². The number of benzene rings is 2. The van der Waals surface area contributed by atoms with Crippen molar-refractivity contribution in [1.82, 2.24) is 10.6 Å². The van der Waals surface area contributed by atoms with Crippen LogP contribution in [0.25, 0.3) is 0 Å². The van der Waals surface area contributed by atoms with E-state index in [1.807, 2.05) is 49.4 Å². The predicted octanol–water partition coefficient (Wildman–Crippen LogP) is 2.90. The van der Waals surface area contributed by atoms with Gasteiger partial charge in [-0.3, -0.25) is 4.79 Å². The third-order valence-corrected chi connectivity index (χ3v) is 4.67. The van der Waals surface area contributed by atoms with Crippen molar-refractivity contribution in [3.63, 3.8) is 0 Å². The molecule has 1 aliphatic heterocycles. The summed E-state index contributed by atoms with van der Waals surface area (Å²) in [4.78, 5) is 26.3. The number of carbonyl (C=O) groups excluding carboxylic acids is 2. The van der Waals surface area contributed by atoms with E-state index in [0.717, 1.165) is 31.5 Å². The normalized spacial score (nSPS) is 14.5. The van der Waals surface area contributed by atoms with Crippen LogP contribution < -0.4 is 20.9 Å². The van der Waals surface area contributed by atoms with Gasteiger partial charge in [-0.15, -0.1) is 0 Å². The first kappa shape index (κ1) is 18.8. The van der Waals surface area contributed by atoms with Gasteiger partial charge >= 0.3 is 6.03 Å². The molecule has 1 saturated heterocycles. The summed E-state index contributed by atoms with van der Waals surface area (Å²) in [5, 5.41) is 8.34. The van der Waals surface area contributed by atoms with Gasteiger partial charge in [0.05, 0.1) is 6.54 Å². The van der Waals surface area contributed by atoms with Crippen LogP contribution >= 0.6 is 0 Å². The summed E-state index contributed by atoms with van der Waals surface area (Å²) < 4.78 is 0. The highest BCUT2D eigenvalue weighted by molar-refractivity contribution is 5.92. The number of hydrogen-bond donors (Lipinski definition) is 3. The fourth-order valence-corrected chi connectivity index (χ4v) is 3.26. The van der Waals surface area contributed by atoms with E-state index >= 15 is 0 Å². The van der Waals surface area contributed by atoms with Gasteiger partial charge in [0.2, 0.25) is 5.91 Å². The molecule has 3 N–H and O–H groups in total. The van der Waals surface area contributed by atoms with Crippen molar-refractivity contribution in [2.75, 3.05) is 29.9 Å². The molecule has 0 saturated carbocycles. The third-order valence-electron chi connectivity index (χ3n) is 4.67. The van der Waals surface area contributed by atoms with E-state index in [1.54, 1.807) is 0 Å². The molecule has 1 heterocycles. The summed E-state index contributed by atoms with van der Waals surface area (Å²) in [6.07, 6.45) is 1.80. The van der Waals surface area contributed by atoms with E-state index in [1.165, 1.54) is 5.69 Å². The summed E-state index contributed by atoms with van der Waals surface area (Å²) in [6, 6.07) is 17.6. The zero-order valence-corrected chi connectivity index (χ0v) is 15.6. The van der Waals surface area contributed by atoms with Crippen molar-refractivity contribution in [1.29, 1.82) is 0 Å². The molecule has 1 aliphatic rings. The highest BCUT2D eigenvalue weighted by atomic mass is 16.2. The minimum atomic E-state index is -0.380. The molecule has 2 aromatic carbocycles. The fourth-order valence-electron chi connectivity index (χ4n) is 3.26. The molecule has 0 aliphatic carbocycles. The third kappa shape index (κ3) is 5.74. The van der Waals surface area contributed by atoms with E-state index < -0.39 is 0 Å². The topological polar surface area (TPSA) is 73.5 Å². The quantitative estimate of drug-likeness (QED) is 0.762. The molecule has 0 atom stereocenters. The Morgan fingerprint density at radius 3 is 2.48 bits per heavy atom. The molecule has 27 heavy (non-hydrogen) atoms. The lowest BCUT2D eigenvalue weighted by Crippen LogP contribution is -2.47. The number of rotatable bonds is 5. The second kappa shape index (κ2) is 9.07. The molecule has 0 bridgehead atoms. The summed E-state index contributed by atoms with van der Waals surface area (Å²) in [5.41, 5.74) is 2.99. The highest BCUT2D eigenvalue weighted by Gasteiger charge is 2.20. The van der Waals surface area contributed by atoms with Crippen LogP contribution in [0, 0.1) is 6.92 Å². The maximum absolute atomic E-state index is 12.1. The van der Waals surface area contributed by atoms with Crippen molar-refractivity contribution in [2.24, 2.45) is 0 Å². The molecule has 1 fully saturated rings. The van der Waals surface area contributed by atoms with E-state index in [4.69, 9.17) is 0 Å². The average Bonchev–Trinajstić information content (AvgIpc) is 2.68. The molecule has 3 amide bonds. The molecule has 0 aromatic heterocycles. The predicted molar refractivity (Wildman–Crippen MR) is 108 cm³/mol. The van der Waals surface area contributed by atoms with Gasteiger partial charge in [-0.25, -0.2) is 4.79 Å². The number of nitrogens with zero attached hydrogens (tertiary/aromatic N) is 1. The van der Waals surface area contributed by atoms with Crippen molar-refractivity contribution >= 4 is 23.3 Å². The van der Waals surface area contributed by atoms with E-state index in [9.17, 15) is 9.59 Å². The van der Waals surface area contributed by atoms with Crippen LogP contribution in [-0.2, 0) is 4.79 Å². The Labute approximate surface area is 159 Å². The molecule has 2 aromatic rings. The summed E-state index contributed by atoms with van der Waals surface area (Å²) >= 11 is 0. The molecular weight excluding hydrogens is 340 g/mol. The maximum Gasteiger partial charge on any atom is 0.319 e. The monoisotopic (exact) mass is 366 g/mol. The minimum absolute atomic E-state index is 0.0312. The lowest BCUT2D eigenvalue weighted by molar-refractivity contribution is -0.120. The first-order valence-corrected chi connectivity index (χ1v) is 9.31. The number of nitrogens with one attached hydrogen (secondary N) is 3. The molecule has 142 valence electrons. The molecular formula is C21H26N4O2. The molecule has 0 spiro atoms. The Kier molecular flexibility index (Phi) is 6.30. The Balaban J connectivity index is 1.37. The molecule has 3 rings (SSSR count). The minimum Gasteiger partial charge on any atom is -0.371 e. The highest BCUT2D eigenvalue weighted by Crippen LogP contribution is 2.19. The summed E-state index contributed by atoms with van der Waals surface area (Å²) in [7, 11) is 0. The molecule has 6 heteroatoms. The average molecular weight is 366 g/mol. The Bertz CT molecular complexity index is 771. The second-order valence-electron chi connectivity index (χ2n) is 6.84. The Morgan fingerprint density at radius 2 is 1.78 bits per heavy atom. The van der Waals surface area contributed by atoms with Gasteiger partial charge in [0.25, 0.3) is 0 Å². The van der Waals surface area contributed by atoms with Crippen LogP contribution in [0.15, 0.2) is 54.6 Å². The van der Waals surface area contributed by atoms with Crippen molar-refractivity contribution in [3.05, 3.63) is 60.2 Å². The van der Waals surface area contributed by atoms with Crippen LogP contribution in [0.5, 0.6) is 0 Å². The van der Waals surface area contributed by atoms with Gasteiger partial charge in [0, 0.05) is 30.5 Å². The maximum atomic E-state index is 12.1. The number of anilines is 2. The van der Waals surface area contributed by atoms with Gasteiger partial charge in [0.1, 0.15) is 0 Å². The number of aryl methyl sites for hydroxylation is 1. The van der Waals surface area contributed by atoms with Crippen molar-refractivity contribution in [3.8, 4) is 0 Å². The van der Waals surface area contributed by atoms with Gasteiger partial charge in [-0.1, -0.05) is 30.3 Å². The van der Waals surface area contributed by atoms with E-state index in [0.29, 0.717) is 5.69 Å². The second-order valence-corrected chi connectivity index (χ2v) is 6.84. The SMILES string of the molecule is Cc1cccc(NC(=O)NCC(=O)NC2CCN(c3ccccc3)CC2)c1. The Morgan fingerprint density at radius 1 is 1.04 bits per heavy atom. The van der Waals surface area contributed by atoms with Crippen molar-refractivity contribution in [2.45, 2.75) is 25.8 Å². The number of para-hydroxylation sites is 1. The largest absolute Gasteiger partial charge is 0.371 e. The lowest BCUT2D eigenvalue weighted by atomic mass is 10.0. The zero-order valence-electron chi connectivity index (χ0n) is 15.6. The standard InChI is InChI=1S/C21H26N4O2/c1-16-6-5-7-18(14-16)24-21(27)22-15-20(26)23-17-10-12-25(13-11-17)19-8-3-2-4-9-19/h2-9,14,17H,10-13,15H2,1H3,(H,23,26)(H2,22,24,27). The first-order valence-electron chi connectivity index (χ1n) is 9.31. The Hall–Kier alpha value is -3.02. The fraction of sp³-hybridized carbons (Fsp3) is 0.333.